The van der Waals surface area contributed by atoms with Crippen LogP contribution in [0.3, 0.4) is 0 Å². The first-order valence-corrected chi connectivity index (χ1v) is 6.95. The average Bonchev–Trinajstić information content (AvgIpc) is 2.82. The highest BCUT2D eigenvalue weighted by molar-refractivity contribution is 6.29. The van der Waals surface area contributed by atoms with E-state index in [-0.39, 0.29) is 12.5 Å². The minimum atomic E-state index is -2.10. The molecular formula is C14H16ClFN2O2. The molecular weight excluding hydrogens is 283 g/mol. The summed E-state index contributed by atoms with van der Waals surface area (Å²) in [5.74, 6) is -1.04. The van der Waals surface area contributed by atoms with Crippen LogP contribution in [-0.2, 0) is 9.59 Å². The van der Waals surface area contributed by atoms with Crippen molar-refractivity contribution in [3.05, 3.63) is 30.3 Å². The summed E-state index contributed by atoms with van der Waals surface area (Å²) in [7, 11) is 0. The summed E-state index contributed by atoms with van der Waals surface area (Å²) >= 11 is 5.20. The molecule has 2 unspecified atom stereocenters. The maximum absolute atomic E-state index is 13.0. The second-order valence-electron chi connectivity index (χ2n) is 4.55. The number of carbonyl (C=O) groups is 2. The molecule has 1 aromatic rings. The molecule has 20 heavy (non-hydrogen) atoms. The van der Waals surface area contributed by atoms with Crippen LogP contribution in [0.15, 0.2) is 30.3 Å². The molecule has 1 aliphatic heterocycles. The Hall–Kier alpha value is -1.62. The Morgan fingerprint density at radius 2 is 2.15 bits per heavy atom. The number of nitrogens with zero attached hydrogens (tertiary/aromatic N) is 2. The van der Waals surface area contributed by atoms with E-state index >= 15 is 0 Å². The fraction of sp³-hybridized carbons (Fsp3) is 0.429. The van der Waals surface area contributed by atoms with E-state index in [1.807, 2.05) is 30.3 Å². The Morgan fingerprint density at radius 1 is 1.50 bits per heavy atom. The number of hydrogen-bond acceptors (Lipinski definition) is 2. The number of alkyl halides is 2. The lowest BCUT2D eigenvalue weighted by Crippen LogP contribution is -2.47. The maximum Gasteiger partial charge on any atom is 0.273 e. The van der Waals surface area contributed by atoms with Crippen LogP contribution in [0.2, 0.25) is 0 Å². The number of halogens is 2. The van der Waals surface area contributed by atoms with Crippen LogP contribution in [0.5, 0.6) is 0 Å². The molecule has 1 fully saturated rings. The molecule has 1 heterocycles. The summed E-state index contributed by atoms with van der Waals surface area (Å²) in [6, 6.07) is 8.58. The number of benzene rings is 1. The number of anilines is 1. The molecule has 0 bridgehead atoms. The number of rotatable bonds is 4. The molecule has 1 aromatic carbocycles. The number of hydrogen-bond donors (Lipinski definition) is 0. The molecule has 2 amide bonds. The fourth-order valence-electron chi connectivity index (χ4n) is 2.47. The number of carbonyl (C=O) groups excluding carboxylic acids is 2. The quantitative estimate of drug-likeness (QED) is 0.799. The van der Waals surface area contributed by atoms with E-state index in [2.05, 4.69) is 0 Å². The zero-order valence-electron chi connectivity index (χ0n) is 11.1. The first-order valence-electron chi connectivity index (χ1n) is 6.51. The van der Waals surface area contributed by atoms with Gasteiger partial charge in [-0.25, -0.2) is 4.39 Å². The minimum Gasteiger partial charge on any atom is -0.327 e. The van der Waals surface area contributed by atoms with E-state index < -0.39 is 17.6 Å². The van der Waals surface area contributed by atoms with Crippen molar-refractivity contribution in [3.63, 3.8) is 0 Å². The van der Waals surface area contributed by atoms with Gasteiger partial charge in [0.25, 0.3) is 11.5 Å². The monoisotopic (exact) mass is 298 g/mol. The predicted octanol–water partition coefficient (Wildman–Crippen LogP) is 2.17. The molecule has 0 spiro atoms. The number of para-hydroxylation sites is 1. The molecule has 4 nitrogen and oxygen atoms in total. The van der Waals surface area contributed by atoms with Gasteiger partial charge in [0.1, 0.15) is 6.04 Å². The van der Waals surface area contributed by atoms with Gasteiger partial charge in [0, 0.05) is 18.8 Å². The van der Waals surface area contributed by atoms with E-state index in [0.717, 1.165) is 5.69 Å². The summed E-state index contributed by atoms with van der Waals surface area (Å²) in [4.78, 5) is 26.9. The van der Waals surface area contributed by atoms with Crippen LogP contribution in [-0.4, -0.2) is 41.5 Å². The molecule has 0 radical (unpaired) electrons. The van der Waals surface area contributed by atoms with Gasteiger partial charge in [-0.05, 0) is 25.5 Å². The zero-order valence-corrected chi connectivity index (χ0v) is 11.9. The summed E-state index contributed by atoms with van der Waals surface area (Å²) in [5.41, 5.74) is -1.32. The molecule has 2 atom stereocenters. The summed E-state index contributed by atoms with van der Waals surface area (Å²) in [6.07, 6.45) is 0.483. The van der Waals surface area contributed by atoms with E-state index in [4.69, 9.17) is 11.6 Å². The SMILES string of the molecule is CCN(C(=O)C(F)Cl)C1CCN(c2ccccc2)C1=O. The fourth-order valence-corrected chi connectivity index (χ4v) is 2.60. The van der Waals surface area contributed by atoms with Gasteiger partial charge < -0.3 is 9.80 Å². The summed E-state index contributed by atoms with van der Waals surface area (Å²) in [5, 5.41) is 0. The Labute approximate surface area is 122 Å². The summed E-state index contributed by atoms with van der Waals surface area (Å²) < 4.78 is 13.0. The molecule has 108 valence electrons. The molecule has 0 N–H and O–H groups in total. The number of amides is 2. The Bertz CT molecular complexity index is 495. The topological polar surface area (TPSA) is 40.6 Å². The highest BCUT2D eigenvalue weighted by Gasteiger charge is 2.39. The third-order valence-electron chi connectivity index (χ3n) is 3.43. The summed E-state index contributed by atoms with van der Waals surface area (Å²) in [6.45, 7) is 2.47. The van der Waals surface area contributed by atoms with Gasteiger partial charge >= 0.3 is 0 Å². The minimum absolute atomic E-state index is 0.191. The van der Waals surface area contributed by atoms with Crippen molar-refractivity contribution < 1.29 is 14.0 Å². The normalized spacial score (nSPS) is 20.1. The van der Waals surface area contributed by atoms with Gasteiger partial charge in [-0.1, -0.05) is 29.8 Å². The third kappa shape index (κ3) is 2.77. The molecule has 0 aliphatic carbocycles. The number of likely N-dealkylation sites (N-methyl/N-ethyl adjacent to an activating group) is 1. The molecule has 2 rings (SSSR count). The van der Waals surface area contributed by atoms with Crippen LogP contribution < -0.4 is 4.90 Å². The van der Waals surface area contributed by atoms with Crippen LogP contribution in [0, 0.1) is 0 Å². The zero-order chi connectivity index (χ0) is 14.7. The van der Waals surface area contributed by atoms with Crippen LogP contribution in [0.4, 0.5) is 10.1 Å². The van der Waals surface area contributed by atoms with Crippen molar-refractivity contribution in [2.75, 3.05) is 18.0 Å². The standard InChI is InChI=1S/C14H16ClFN2O2/c1-2-17(14(20)12(15)16)11-8-9-18(13(11)19)10-6-4-3-5-7-10/h3-7,11-12H,2,8-9H2,1H3. The second kappa shape index (κ2) is 6.22. The van der Waals surface area contributed by atoms with Gasteiger partial charge in [0.2, 0.25) is 5.91 Å². The van der Waals surface area contributed by atoms with Crippen LogP contribution in [0.25, 0.3) is 0 Å². The molecule has 1 saturated heterocycles. The second-order valence-corrected chi connectivity index (χ2v) is 4.94. The largest absolute Gasteiger partial charge is 0.327 e. The highest BCUT2D eigenvalue weighted by Crippen LogP contribution is 2.25. The van der Waals surface area contributed by atoms with Gasteiger partial charge in [-0.15, -0.1) is 0 Å². The van der Waals surface area contributed by atoms with Crippen molar-refractivity contribution in [2.24, 2.45) is 0 Å². The lowest BCUT2D eigenvalue weighted by molar-refractivity contribution is -0.140. The molecule has 0 saturated carbocycles. The van der Waals surface area contributed by atoms with Crippen molar-refractivity contribution in [1.82, 2.24) is 4.90 Å². The van der Waals surface area contributed by atoms with E-state index in [1.54, 1.807) is 11.8 Å². The van der Waals surface area contributed by atoms with Crippen molar-refractivity contribution in [2.45, 2.75) is 25.0 Å². The lowest BCUT2D eigenvalue weighted by Gasteiger charge is -2.26. The first kappa shape index (κ1) is 14.8. The lowest BCUT2D eigenvalue weighted by atomic mass is 10.2. The van der Waals surface area contributed by atoms with Gasteiger partial charge in [-0.3, -0.25) is 9.59 Å². The van der Waals surface area contributed by atoms with Crippen molar-refractivity contribution in [1.29, 1.82) is 0 Å². The van der Waals surface area contributed by atoms with E-state index in [9.17, 15) is 14.0 Å². The Morgan fingerprint density at radius 3 is 2.70 bits per heavy atom. The van der Waals surface area contributed by atoms with Gasteiger partial charge in [0.15, 0.2) is 0 Å². The maximum atomic E-state index is 13.0. The smallest absolute Gasteiger partial charge is 0.273 e. The van der Waals surface area contributed by atoms with Crippen LogP contribution in [0.1, 0.15) is 13.3 Å². The highest BCUT2D eigenvalue weighted by atomic mass is 35.5. The first-order chi connectivity index (χ1) is 9.56. The van der Waals surface area contributed by atoms with Crippen LogP contribution >= 0.6 is 11.6 Å². The van der Waals surface area contributed by atoms with Crippen molar-refractivity contribution in [3.8, 4) is 0 Å². The van der Waals surface area contributed by atoms with Crippen molar-refractivity contribution >= 4 is 29.1 Å². The average molecular weight is 299 g/mol. The molecule has 6 heteroatoms. The molecule has 0 aromatic heterocycles. The molecule has 1 aliphatic rings. The Balaban J connectivity index is 2.16. The Kier molecular flexibility index (Phi) is 4.60. The van der Waals surface area contributed by atoms with E-state index in [1.165, 1.54) is 4.90 Å². The van der Waals surface area contributed by atoms with Gasteiger partial charge in [0.05, 0.1) is 0 Å². The van der Waals surface area contributed by atoms with Gasteiger partial charge in [-0.2, -0.15) is 0 Å². The van der Waals surface area contributed by atoms with E-state index in [0.29, 0.717) is 13.0 Å². The predicted molar refractivity (Wildman–Crippen MR) is 75.3 cm³/mol. The third-order valence-corrected chi connectivity index (χ3v) is 3.62.